The van der Waals surface area contributed by atoms with Gasteiger partial charge in [0.2, 0.25) is 0 Å². The second kappa shape index (κ2) is 12.6. The molecule has 0 aliphatic heterocycles. The summed E-state index contributed by atoms with van der Waals surface area (Å²) in [5.74, 6) is 0.588. The number of aromatic nitrogens is 4. The fourth-order valence-corrected chi connectivity index (χ4v) is 5.31. The third-order valence-electron chi connectivity index (χ3n) is 8.15. The molecule has 240 valence electrons. The SMILES string of the molecule is CC(C)(C)c1cc(NC(=O)Nc2ccc(Oc3ccnc(CO[Si](C)(C)C(C)(C)C)c3)cc2F)n(-c2ccc3ncccc3c2)n1. The summed E-state index contributed by atoms with van der Waals surface area (Å²) in [6.45, 7) is 17.4. The molecule has 0 aliphatic rings. The Morgan fingerprint density at radius 2 is 1.65 bits per heavy atom. The van der Waals surface area contributed by atoms with Crippen LogP contribution in [-0.4, -0.2) is 34.1 Å². The number of halogens is 1. The lowest BCUT2D eigenvalue weighted by molar-refractivity contribution is 0.262. The van der Waals surface area contributed by atoms with E-state index in [2.05, 4.69) is 54.5 Å². The molecule has 2 N–H and O–H groups in total. The Morgan fingerprint density at radius 3 is 2.37 bits per heavy atom. The normalized spacial score (nSPS) is 12.3. The van der Waals surface area contributed by atoms with Gasteiger partial charge in [0.25, 0.3) is 0 Å². The zero-order valence-corrected chi connectivity index (χ0v) is 28.6. The maximum Gasteiger partial charge on any atom is 0.324 e. The van der Waals surface area contributed by atoms with Gasteiger partial charge in [0.05, 0.1) is 34.9 Å². The molecule has 0 fully saturated rings. The number of anilines is 2. The Morgan fingerprint density at radius 1 is 0.891 bits per heavy atom. The van der Waals surface area contributed by atoms with Crippen molar-refractivity contribution in [3.63, 3.8) is 0 Å². The number of nitrogens with zero attached hydrogens (tertiary/aromatic N) is 4. The average Bonchev–Trinajstić information content (AvgIpc) is 3.41. The fraction of sp³-hybridized carbons (Fsp3) is 0.314. The Labute approximate surface area is 270 Å². The van der Waals surface area contributed by atoms with Gasteiger partial charge in [-0.1, -0.05) is 47.6 Å². The molecular formula is C35H41FN6O3Si. The number of pyridine rings is 2. The van der Waals surface area contributed by atoms with Gasteiger partial charge in [0, 0.05) is 41.4 Å². The highest BCUT2D eigenvalue weighted by Gasteiger charge is 2.37. The Bertz CT molecular complexity index is 1880. The first kappa shape index (κ1) is 32.8. The van der Waals surface area contributed by atoms with Crippen LogP contribution in [0.4, 0.5) is 20.7 Å². The van der Waals surface area contributed by atoms with E-state index >= 15 is 4.39 Å². The van der Waals surface area contributed by atoms with E-state index in [0.29, 0.717) is 18.2 Å². The van der Waals surface area contributed by atoms with Crippen LogP contribution in [0.15, 0.2) is 79.1 Å². The predicted molar refractivity (Wildman–Crippen MR) is 183 cm³/mol. The van der Waals surface area contributed by atoms with E-state index in [1.54, 1.807) is 35.3 Å². The summed E-state index contributed by atoms with van der Waals surface area (Å²) in [5.41, 5.74) is 2.85. The number of rotatable bonds is 8. The number of carbonyl (C=O) groups is 1. The lowest BCUT2D eigenvalue weighted by atomic mass is 9.92. The molecule has 2 amide bonds. The zero-order chi connectivity index (χ0) is 33.3. The molecule has 0 saturated heterocycles. The molecule has 3 aromatic heterocycles. The molecule has 46 heavy (non-hydrogen) atoms. The van der Waals surface area contributed by atoms with Gasteiger partial charge in [-0.3, -0.25) is 15.3 Å². The monoisotopic (exact) mass is 640 g/mol. The Balaban J connectivity index is 1.28. The molecule has 0 aliphatic carbocycles. The van der Waals surface area contributed by atoms with E-state index in [4.69, 9.17) is 14.3 Å². The molecule has 0 unspecified atom stereocenters. The van der Waals surface area contributed by atoms with Gasteiger partial charge in [-0.25, -0.2) is 13.9 Å². The number of fused-ring (bicyclic) bond motifs is 1. The number of benzene rings is 2. The molecule has 11 heteroatoms. The lowest BCUT2D eigenvalue weighted by Crippen LogP contribution is -2.40. The molecule has 0 bridgehead atoms. The number of ether oxygens (including phenoxy) is 1. The van der Waals surface area contributed by atoms with Gasteiger partial charge < -0.3 is 14.5 Å². The first-order valence-corrected chi connectivity index (χ1v) is 18.1. The van der Waals surface area contributed by atoms with Crippen LogP contribution >= 0.6 is 0 Å². The number of amides is 2. The highest BCUT2D eigenvalue weighted by Crippen LogP contribution is 2.37. The molecule has 0 saturated carbocycles. The van der Waals surface area contributed by atoms with E-state index in [0.717, 1.165) is 28.0 Å². The molecule has 5 aromatic rings. The summed E-state index contributed by atoms with van der Waals surface area (Å²) < 4.78 is 29.0. The maximum atomic E-state index is 15.2. The van der Waals surface area contributed by atoms with Gasteiger partial charge in [0.1, 0.15) is 23.1 Å². The third-order valence-corrected chi connectivity index (χ3v) is 12.6. The van der Waals surface area contributed by atoms with Gasteiger partial charge in [-0.2, -0.15) is 5.10 Å². The lowest BCUT2D eigenvalue weighted by Gasteiger charge is -2.36. The number of nitrogens with one attached hydrogen (secondary N) is 2. The minimum absolute atomic E-state index is 0.00178. The minimum atomic E-state index is -1.95. The van der Waals surface area contributed by atoms with Crippen molar-refractivity contribution in [1.82, 2.24) is 19.7 Å². The minimum Gasteiger partial charge on any atom is -0.457 e. The molecule has 5 rings (SSSR count). The number of hydrogen-bond donors (Lipinski definition) is 2. The van der Waals surface area contributed by atoms with Crippen LogP contribution in [0.25, 0.3) is 16.6 Å². The Kier molecular flexibility index (Phi) is 9.01. The summed E-state index contributed by atoms with van der Waals surface area (Å²) in [7, 11) is -1.95. The van der Waals surface area contributed by atoms with E-state index in [-0.39, 0.29) is 21.9 Å². The van der Waals surface area contributed by atoms with Crippen molar-refractivity contribution in [3.05, 3.63) is 96.3 Å². The average molecular weight is 641 g/mol. The molecule has 0 radical (unpaired) electrons. The summed E-state index contributed by atoms with van der Waals surface area (Å²) >= 11 is 0. The molecule has 9 nitrogen and oxygen atoms in total. The first-order chi connectivity index (χ1) is 21.6. The van der Waals surface area contributed by atoms with Gasteiger partial charge in [-0.15, -0.1) is 0 Å². The molecule has 2 aromatic carbocycles. The number of carbonyl (C=O) groups excluding carboxylic acids is 1. The molecule has 0 atom stereocenters. The van der Waals surface area contributed by atoms with E-state index < -0.39 is 20.2 Å². The standard InChI is InChI=1S/C35H41FN6O3Si/c1-34(2,3)31-21-32(42(41-31)25-11-13-29-23(18-25)10-9-16-38-29)40-33(43)39-30-14-12-26(20-28(30)36)45-27-15-17-37-24(19-27)22-44-46(7,8)35(4,5)6/h9-21H,22H2,1-8H3,(H2,39,40,43). The zero-order valence-electron chi connectivity index (χ0n) is 27.6. The van der Waals surface area contributed by atoms with Crippen LogP contribution in [-0.2, 0) is 16.4 Å². The van der Waals surface area contributed by atoms with Gasteiger partial charge >= 0.3 is 6.03 Å². The van der Waals surface area contributed by atoms with Crippen molar-refractivity contribution >= 4 is 36.8 Å². The van der Waals surface area contributed by atoms with Crippen molar-refractivity contribution < 1.29 is 18.3 Å². The summed E-state index contributed by atoms with van der Waals surface area (Å²) in [6.07, 6.45) is 3.38. The van der Waals surface area contributed by atoms with Crippen LogP contribution < -0.4 is 15.4 Å². The molecule has 0 spiro atoms. The highest BCUT2D eigenvalue weighted by molar-refractivity contribution is 6.74. The largest absolute Gasteiger partial charge is 0.457 e. The van der Waals surface area contributed by atoms with E-state index in [9.17, 15) is 4.79 Å². The smallest absolute Gasteiger partial charge is 0.324 e. The van der Waals surface area contributed by atoms with Crippen LogP contribution in [0.2, 0.25) is 18.1 Å². The summed E-state index contributed by atoms with van der Waals surface area (Å²) in [5, 5.41) is 11.2. The predicted octanol–water partition coefficient (Wildman–Crippen LogP) is 9.21. The second-order valence-corrected chi connectivity index (χ2v) is 18.6. The van der Waals surface area contributed by atoms with E-state index in [1.165, 1.54) is 12.1 Å². The highest BCUT2D eigenvalue weighted by atomic mass is 28.4. The maximum absolute atomic E-state index is 15.2. The molecule has 3 heterocycles. The topological polar surface area (TPSA) is 103 Å². The van der Waals surface area contributed by atoms with Crippen molar-refractivity contribution in [3.8, 4) is 17.2 Å². The van der Waals surface area contributed by atoms with Gasteiger partial charge in [0.15, 0.2) is 8.32 Å². The summed E-state index contributed by atoms with van der Waals surface area (Å²) in [4.78, 5) is 21.9. The van der Waals surface area contributed by atoms with Crippen molar-refractivity contribution in [2.24, 2.45) is 0 Å². The van der Waals surface area contributed by atoms with Crippen LogP contribution in [0.5, 0.6) is 11.5 Å². The fourth-order valence-electron chi connectivity index (χ4n) is 4.36. The van der Waals surface area contributed by atoms with Crippen LogP contribution in [0.3, 0.4) is 0 Å². The van der Waals surface area contributed by atoms with Crippen LogP contribution in [0, 0.1) is 5.82 Å². The quantitative estimate of drug-likeness (QED) is 0.164. The Hall–Kier alpha value is -4.61. The van der Waals surface area contributed by atoms with Crippen molar-refractivity contribution in [2.45, 2.75) is 71.7 Å². The van der Waals surface area contributed by atoms with E-state index in [1.807, 2.05) is 57.2 Å². The van der Waals surface area contributed by atoms with Crippen molar-refractivity contribution in [1.29, 1.82) is 0 Å². The van der Waals surface area contributed by atoms with Crippen LogP contribution in [0.1, 0.15) is 52.9 Å². The third kappa shape index (κ3) is 7.60. The van der Waals surface area contributed by atoms with Crippen molar-refractivity contribution in [2.75, 3.05) is 10.6 Å². The number of urea groups is 1. The second-order valence-electron chi connectivity index (χ2n) is 13.8. The number of hydrogen-bond acceptors (Lipinski definition) is 6. The molecular weight excluding hydrogens is 600 g/mol. The first-order valence-electron chi connectivity index (χ1n) is 15.2. The van der Waals surface area contributed by atoms with Gasteiger partial charge in [-0.05, 0) is 60.6 Å². The summed E-state index contributed by atoms with van der Waals surface area (Å²) in [6, 6.07) is 18.6.